The fourth-order valence-corrected chi connectivity index (χ4v) is 2.24. The first kappa shape index (κ1) is 14.5. The Morgan fingerprint density at radius 1 is 1.35 bits per heavy atom. The summed E-state index contributed by atoms with van der Waals surface area (Å²) >= 11 is 0. The molecule has 0 bridgehead atoms. The van der Waals surface area contributed by atoms with Crippen molar-refractivity contribution in [1.82, 2.24) is 5.32 Å². The monoisotopic (exact) mass is 243 g/mol. The molecule has 0 saturated heterocycles. The minimum Gasteiger partial charge on any atom is -0.393 e. The van der Waals surface area contributed by atoms with E-state index < -0.39 is 5.60 Å². The highest BCUT2D eigenvalue weighted by Crippen LogP contribution is 2.27. The summed E-state index contributed by atoms with van der Waals surface area (Å²) in [6.07, 6.45) is 7.92. The highest BCUT2D eigenvalue weighted by Gasteiger charge is 2.20. The summed E-state index contributed by atoms with van der Waals surface area (Å²) in [5.41, 5.74) is -1.21. The van der Waals surface area contributed by atoms with Crippen LogP contribution in [0.5, 0.6) is 0 Å². The predicted molar refractivity (Wildman–Crippen MR) is 66.5 cm³/mol. The Labute approximate surface area is 103 Å². The lowest BCUT2D eigenvalue weighted by Gasteiger charge is -2.22. The Morgan fingerprint density at radius 3 is 2.59 bits per heavy atom. The van der Waals surface area contributed by atoms with Gasteiger partial charge in [-0.3, -0.25) is 4.79 Å². The largest absolute Gasteiger partial charge is 0.393 e. The summed E-state index contributed by atoms with van der Waals surface area (Å²) in [5.74, 6) is 0.678. The van der Waals surface area contributed by atoms with Crippen LogP contribution >= 0.6 is 0 Å². The Balaban J connectivity index is 2.12. The van der Waals surface area contributed by atoms with E-state index in [1.807, 2.05) is 0 Å². The van der Waals surface area contributed by atoms with E-state index in [1.54, 1.807) is 0 Å². The van der Waals surface area contributed by atoms with Gasteiger partial charge in [0.1, 0.15) is 5.60 Å². The molecule has 0 aromatic rings. The van der Waals surface area contributed by atoms with E-state index >= 15 is 0 Å². The molecule has 1 saturated carbocycles. The van der Waals surface area contributed by atoms with Crippen molar-refractivity contribution in [3.63, 3.8) is 0 Å². The van der Waals surface area contributed by atoms with E-state index in [2.05, 4.69) is 5.32 Å². The second kappa shape index (κ2) is 6.97. The van der Waals surface area contributed by atoms with Crippen LogP contribution in [0.25, 0.3) is 0 Å². The molecule has 0 aromatic heterocycles. The highest BCUT2D eigenvalue weighted by molar-refractivity contribution is 5.75. The van der Waals surface area contributed by atoms with Gasteiger partial charge in [-0.25, -0.2) is 0 Å². The molecular weight excluding hydrogens is 218 g/mol. The van der Waals surface area contributed by atoms with Gasteiger partial charge in [-0.1, -0.05) is 32.1 Å². The van der Waals surface area contributed by atoms with Crippen molar-refractivity contribution in [3.05, 3.63) is 0 Å². The smallest absolute Gasteiger partial charge is 0.220 e. The molecule has 0 radical (unpaired) electrons. The van der Waals surface area contributed by atoms with Crippen molar-refractivity contribution in [3.8, 4) is 0 Å². The molecule has 4 heteroatoms. The standard InChI is InChI=1S/C13H25NO3/c1-13(17,10-15)9-14-12(16)8-7-11-5-3-2-4-6-11/h11,15,17H,2-10H2,1H3,(H,14,16). The molecular formula is C13H25NO3. The molecule has 17 heavy (non-hydrogen) atoms. The topological polar surface area (TPSA) is 69.6 Å². The van der Waals surface area contributed by atoms with Crippen LogP contribution in [0, 0.1) is 5.92 Å². The van der Waals surface area contributed by atoms with Crippen molar-refractivity contribution in [1.29, 1.82) is 0 Å². The predicted octanol–water partition coefficient (Wildman–Crippen LogP) is 1.21. The van der Waals surface area contributed by atoms with Crippen LogP contribution in [0.1, 0.15) is 51.9 Å². The average molecular weight is 243 g/mol. The van der Waals surface area contributed by atoms with Crippen molar-refractivity contribution in [2.24, 2.45) is 5.92 Å². The van der Waals surface area contributed by atoms with Gasteiger partial charge in [0.05, 0.1) is 6.61 Å². The van der Waals surface area contributed by atoms with Crippen LogP contribution in [0.4, 0.5) is 0 Å². The molecule has 1 aliphatic carbocycles. The molecule has 4 nitrogen and oxygen atoms in total. The summed E-state index contributed by atoms with van der Waals surface area (Å²) in [5, 5.41) is 21.0. The SMILES string of the molecule is CC(O)(CO)CNC(=O)CCC1CCCCC1. The third-order valence-electron chi connectivity index (χ3n) is 3.51. The number of hydrogen-bond acceptors (Lipinski definition) is 3. The van der Waals surface area contributed by atoms with Crippen molar-refractivity contribution in [2.75, 3.05) is 13.2 Å². The van der Waals surface area contributed by atoms with Crippen LogP contribution in [-0.4, -0.2) is 34.9 Å². The Morgan fingerprint density at radius 2 is 2.00 bits per heavy atom. The number of carbonyl (C=O) groups is 1. The van der Waals surface area contributed by atoms with Crippen LogP contribution in [0.2, 0.25) is 0 Å². The van der Waals surface area contributed by atoms with Gasteiger partial charge < -0.3 is 15.5 Å². The van der Waals surface area contributed by atoms with Gasteiger partial charge >= 0.3 is 0 Å². The zero-order valence-corrected chi connectivity index (χ0v) is 10.7. The highest BCUT2D eigenvalue weighted by atomic mass is 16.3. The first-order valence-electron chi connectivity index (χ1n) is 6.63. The second-order valence-electron chi connectivity index (χ2n) is 5.47. The lowest BCUT2D eigenvalue weighted by atomic mass is 9.86. The van der Waals surface area contributed by atoms with Gasteiger partial charge in [0.15, 0.2) is 0 Å². The molecule has 1 unspecified atom stereocenters. The average Bonchev–Trinajstić information content (AvgIpc) is 2.35. The molecule has 0 aromatic carbocycles. The van der Waals surface area contributed by atoms with Crippen molar-refractivity contribution >= 4 is 5.91 Å². The van der Waals surface area contributed by atoms with Crippen LogP contribution in [0.3, 0.4) is 0 Å². The van der Waals surface area contributed by atoms with Crippen LogP contribution in [-0.2, 0) is 4.79 Å². The molecule has 1 atom stereocenters. The van der Waals surface area contributed by atoms with E-state index in [0.717, 1.165) is 6.42 Å². The van der Waals surface area contributed by atoms with E-state index in [4.69, 9.17) is 5.11 Å². The minimum atomic E-state index is -1.21. The Bertz CT molecular complexity index is 235. The maximum absolute atomic E-state index is 11.5. The van der Waals surface area contributed by atoms with Crippen molar-refractivity contribution in [2.45, 2.75) is 57.5 Å². The van der Waals surface area contributed by atoms with Gasteiger partial charge in [-0.15, -0.1) is 0 Å². The number of nitrogens with one attached hydrogen (secondary N) is 1. The van der Waals surface area contributed by atoms with E-state index in [0.29, 0.717) is 12.3 Å². The van der Waals surface area contributed by atoms with E-state index in [-0.39, 0.29) is 19.1 Å². The van der Waals surface area contributed by atoms with Gasteiger partial charge in [0.25, 0.3) is 0 Å². The summed E-state index contributed by atoms with van der Waals surface area (Å²) in [6.45, 7) is 1.29. The minimum absolute atomic E-state index is 0.0238. The second-order valence-corrected chi connectivity index (χ2v) is 5.47. The number of aliphatic hydroxyl groups is 2. The van der Waals surface area contributed by atoms with Gasteiger partial charge in [0, 0.05) is 13.0 Å². The summed E-state index contributed by atoms with van der Waals surface area (Å²) in [6, 6.07) is 0. The third kappa shape index (κ3) is 6.03. The molecule has 3 N–H and O–H groups in total. The van der Waals surface area contributed by atoms with Gasteiger partial charge in [0.2, 0.25) is 5.91 Å². The summed E-state index contributed by atoms with van der Waals surface area (Å²) in [7, 11) is 0. The Hall–Kier alpha value is -0.610. The molecule has 0 aliphatic heterocycles. The molecule has 1 amide bonds. The fourth-order valence-electron chi connectivity index (χ4n) is 2.24. The molecule has 100 valence electrons. The summed E-state index contributed by atoms with van der Waals surface area (Å²) < 4.78 is 0. The maximum Gasteiger partial charge on any atom is 0.220 e. The molecule has 1 fully saturated rings. The zero-order chi connectivity index (χ0) is 12.7. The number of rotatable bonds is 6. The fraction of sp³-hybridized carbons (Fsp3) is 0.923. The molecule has 0 spiro atoms. The van der Waals surface area contributed by atoms with E-state index in [9.17, 15) is 9.90 Å². The third-order valence-corrected chi connectivity index (χ3v) is 3.51. The molecule has 1 aliphatic rings. The Kier molecular flexibility index (Phi) is 5.92. The first-order chi connectivity index (χ1) is 8.03. The van der Waals surface area contributed by atoms with Crippen LogP contribution < -0.4 is 5.32 Å². The lowest BCUT2D eigenvalue weighted by molar-refractivity contribution is -0.122. The van der Waals surface area contributed by atoms with E-state index in [1.165, 1.54) is 39.0 Å². The number of amides is 1. The number of aliphatic hydroxyl groups excluding tert-OH is 1. The number of carbonyl (C=O) groups excluding carboxylic acids is 1. The number of hydrogen-bond donors (Lipinski definition) is 3. The quantitative estimate of drug-likeness (QED) is 0.656. The lowest BCUT2D eigenvalue weighted by Crippen LogP contribution is -2.43. The normalized spacial score (nSPS) is 20.9. The first-order valence-corrected chi connectivity index (χ1v) is 6.63. The van der Waals surface area contributed by atoms with Crippen LogP contribution in [0.15, 0.2) is 0 Å². The zero-order valence-electron chi connectivity index (χ0n) is 10.7. The van der Waals surface area contributed by atoms with Gasteiger partial charge in [-0.05, 0) is 19.3 Å². The maximum atomic E-state index is 11.5. The van der Waals surface area contributed by atoms with Gasteiger partial charge in [-0.2, -0.15) is 0 Å². The van der Waals surface area contributed by atoms with Crippen molar-refractivity contribution < 1.29 is 15.0 Å². The molecule has 1 rings (SSSR count). The summed E-state index contributed by atoms with van der Waals surface area (Å²) in [4.78, 5) is 11.5. The molecule has 0 heterocycles.